The van der Waals surface area contributed by atoms with Crippen LogP contribution in [0.15, 0.2) is 10.2 Å². The number of unbranched alkanes of at least 4 members (excludes halogenated alkanes) is 27. The summed E-state index contributed by atoms with van der Waals surface area (Å²) in [7, 11) is 0. The third-order valence-corrected chi connectivity index (χ3v) is 11.0. The Hall–Kier alpha value is -0.900. The second kappa shape index (κ2) is 42.5. The molecule has 0 saturated carbocycles. The van der Waals surface area contributed by atoms with Crippen molar-refractivity contribution in [3.05, 3.63) is 0 Å². The summed E-state index contributed by atoms with van der Waals surface area (Å²) in [6, 6.07) is 0. The third-order valence-electron chi connectivity index (χ3n) is 11.0. The number of nitrogens with zero attached hydrogens (tertiary/aromatic N) is 3. The lowest BCUT2D eigenvalue weighted by Gasteiger charge is -2.22. The van der Waals surface area contributed by atoms with Crippen molar-refractivity contribution < 1.29 is 4.74 Å². The summed E-state index contributed by atoms with van der Waals surface area (Å²) in [5.41, 5.74) is 0. The topological polar surface area (TPSA) is 37.2 Å². The summed E-state index contributed by atoms with van der Waals surface area (Å²) in [6.45, 7) is 16.6. The molecule has 0 aromatic carbocycles. The highest BCUT2D eigenvalue weighted by atomic mass is 16.5. The highest BCUT2D eigenvalue weighted by Crippen LogP contribution is 2.25. The van der Waals surface area contributed by atoms with Gasteiger partial charge in [0.25, 0.3) is 0 Å². The van der Waals surface area contributed by atoms with E-state index in [1.165, 1.54) is 231 Å². The molecule has 0 unspecified atom stereocenters. The van der Waals surface area contributed by atoms with Crippen LogP contribution in [0.1, 0.15) is 252 Å². The molecule has 50 heavy (non-hydrogen) atoms. The second-order valence-corrected chi connectivity index (χ2v) is 15.8. The molecule has 0 saturated heterocycles. The molecule has 0 fully saturated rings. The molecule has 4 nitrogen and oxygen atoms in total. The van der Waals surface area contributed by atoms with Crippen molar-refractivity contribution >= 4 is 12.6 Å². The van der Waals surface area contributed by atoms with E-state index in [9.17, 15) is 0 Å². The van der Waals surface area contributed by atoms with Gasteiger partial charge in [0.2, 0.25) is 5.90 Å². The zero-order chi connectivity index (χ0) is 36.4. The highest BCUT2D eigenvalue weighted by Gasteiger charge is 2.11. The fourth-order valence-electron chi connectivity index (χ4n) is 7.67. The van der Waals surface area contributed by atoms with Gasteiger partial charge >= 0.3 is 0 Å². The van der Waals surface area contributed by atoms with Gasteiger partial charge in [0.15, 0.2) is 0 Å². The fourth-order valence-corrected chi connectivity index (χ4v) is 7.67. The first-order valence-corrected chi connectivity index (χ1v) is 23.1. The van der Waals surface area contributed by atoms with E-state index in [2.05, 4.69) is 42.6 Å². The van der Waals surface area contributed by atoms with Gasteiger partial charge in [0.1, 0.15) is 0 Å². The molecular weight excluding hydrogens is 611 g/mol. The van der Waals surface area contributed by atoms with Gasteiger partial charge in [-0.1, -0.05) is 226 Å². The van der Waals surface area contributed by atoms with E-state index < -0.39 is 0 Å². The van der Waals surface area contributed by atoms with E-state index in [4.69, 9.17) is 4.74 Å². The van der Waals surface area contributed by atoms with E-state index in [0.29, 0.717) is 6.61 Å². The Bertz CT molecular complexity index is 664. The summed E-state index contributed by atoms with van der Waals surface area (Å²) >= 11 is 0. The zero-order valence-electron chi connectivity index (χ0n) is 35.1. The van der Waals surface area contributed by atoms with Crippen molar-refractivity contribution in [1.29, 1.82) is 0 Å². The summed E-state index contributed by atoms with van der Waals surface area (Å²) in [5, 5.41) is 7.90. The Kier molecular flexibility index (Phi) is 41.7. The smallest absolute Gasteiger partial charge is 0.209 e. The Balaban J connectivity index is 4.35. The lowest BCUT2D eigenvalue weighted by molar-refractivity contribution is 0.252. The molecular formula is C46H93N3O. The average Bonchev–Trinajstić information content (AvgIpc) is 3.12. The van der Waals surface area contributed by atoms with E-state index in [1.54, 1.807) is 0 Å². The number of hydrogen-bond donors (Lipinski definition) is 0. The van der Waals surface area contributed by atoms with Crippen molar-refractivity contribution in [2.45, 2.75) is 252 Å². The van der Waals surface area contributed by atoms with Crippen LogP contribution >= 0.6 is 0 Å². The molecule has 0 atom stereocenters. The molecule has 0 aliphatic rings. The highest BCUT2D eigenvalue weighted by molar-refractivity contribution is 5.76. The van der Waals surface area contributed by atoms with Crippen LogP contribution in [-0.4, -0.2) is 43.8 Å². The Labute approximate surface area is 316 Å². The number of hydrogen-bond acceptors (Lipinski definition) is 4. The van der Waals surface area contributed by atoms with Gasteiger partial charge in [0.05, 0.1) is 6.61 Å². The molecule has 0 aliphatic heterocycles. The van der Waals surface area contributed by atoms with Crippen LogP contribution in [0.2, 0.25) is 0 Å². The van der Waals surface area contributed by atoms with Crippen LogP contribution in [0.4, 0.5) is 0 Å². The molecule has 0 aromatic heterocycles. The molecule has 0 N–H and O–H groups in total. The fraction of sp³-hybridized carbons (Fsp3) is 0.957. The summed E-state index contributed by atoms with van der Waals surface area (Å²) in [5.74, 6) is 1.73. The van der Waals surface area contributed by atoms with Gasteiger partial charge in [-0.05, 0) is 38.8 Å². The van der Waals surface area contributed by atoms with E-state index in [-0.39, 0.29) is 0 Å². The number of rotatable bonds is 42. The Morgan fingerprint density at radius 1 is 0.440 bits per heavy atom. The van der Waals surface area contributed by atoms with Crippen LogP contribution in [0.3, 0.4) is 0 Å². The molecule has 0 bridgehead atoms. The standard InChI is InChI=1S/C46H93N3O/c1-6-10-13-16-19-20-21-22-23-24-25-26-31-36-42-49(44-41-46(48-47-5)50-9-4)43-37-32-27-30-35-40-45(38-33-28-17-14-11-7-2)39-34-29-18-15-12-8-3/h45H,5-44H2,1-4H3/b48-46-. The van der Waals surface area contributed by atoms with Crippen LogP contribution in [0, 0.1) is 5.92 Å². The molecule has 0 heterocycles. The largest absolute Gasteiger partial charge is 0.480 e. The molecule has 0 radical (unpaired) electrons. The second-order valence-electron chi connectivity index (χ2n) is 15.8. The normalized spacial score (nSPS) is 12.1. The summed E-state index contributed by atoms with van der Waals surface area (Å²) in [4.78, 5) is 2.68. The summed E-state index contributed by atoms with van der Waals surface area (Å²) < 4.78 is 5.73. The van der Waals surface area contributed by atoms with Gasteiger partial charge in [-0.15, -0.1) is 5.10 Å². The van der Waals surface area contributed by atoms with E-state index in [0.717, 1.165) is 24.8 Å². The maximum Gasteiger partial charge on any atom is 0.209 e. The number of ether oxygens (including phenoxy) is 1. The molecule has 0 aromatic rings. The maximum atomic E-state index is 5.73. The molecule has 0 spiro atoms. The minimum atomic E-state index is 0.645. The SMILES string of the molecule is C=N/N=C(/CCN(CCCCCCCCCCCCCCCC)CCCCCCCC(CCCCCCCC)CCCCCCCC)OCC. The molecule has 0 aliphatic carbocycles. The van der Waals surface area contributed by atoms with Gasteiger partial charge in [-0.2, -0.15) is 5.10 Å². The lowest BCUT2D eigenvalue weighted by atomic mass is 9.89. The Morgan fingerprint density at radius 2 is 0.760 bits per heavy atom. The van der Waals surface area contributed by atoms with Crippen molar-refractivity contribution in [2.24, 2.45) is 16.1 Å². The Morgan fingerprint density at radius 3 is 1.08 bits per heavy atom. The quantitative estimate of drug-likeness (QED) is 0.0275. The van der Waals surface area contributed by atoms with Crippen LogP contribution < -0.4 is 0 Å². The molecule has 0 amide bonds. The average molecular weight is 704 g/mol. The van der Waals surface area contributed by atoms with Gasteiger partial charge in [-0.3, -0.25) is 0 Å². The van der Waals surface area contributed by atoms with Gasteiger partial charge < -0.3 is 9.64 Å². The van der Waals surface area contributed by atoms with E-state index >= 15 is 0 Å². The molecule has 4 heteroatoms. The van der Waals surface area contributed by atoms with Gasteiger partial charge in [0, 0.05) is 19.7 Å². The predicted octanol–water partition coefficient (Wildman–Crippen LogP) is 15.7. The van der Waals surface area contributed by atoms with Crippen LogP contribution in [0.5, 0.6) is 0 Å². The molecule has 298 valence electrons. The van der Waals surface area contributed by atoms with E-state index in [1.807, 2.05) is 6.92 Å². The first kappa shape index (κ1) is 49.1. The van der Waals surface area contributed by atoms with Crippen molar-refractivity contribution in [1.82, 2.24) is 4.90 Å². The molecule has 0 rings (SSSR count). The maximum absolute atomic E-state index is 5.73. The summed E-state index contributed by atoms with van der Waals surface area (Å²) in [6.07, 6.45) is 49.4. The van der Waals surface area contributed by atoms with Crippen molar-refractivity contribution in [2.75, 3.05) is 26.2 Å². The van der Waals surface area contributed by atoms with Crippen molar-refractivity contribution in [3.8, 4) is 0 Å². The van der Waals surface area contributed by atoms with Crippen LogP contribution in [-0.2, 0) is 4.74 Å². The predicted molar refractivity (Wildman–Crippen MR) is 227 cm³/mol. The minimum absolute atomic E-state index is 0.645. The zero-order valence-corrected chi connectivity index (χ0v) is 35.1. The first-order valence-electron chi connectivity index (χ1n) is 23.1. The van der Waals surface area contributed by atoms with Crippen LogP contribution in [0.25, 0.3) is 0 Å². The van der Waals surface area contributed by atoms with Gasteiger partial charge in [-0.25, -0.2) is 0 Å². The first-order chi connectivity index (χ1) is 24.7. The van der Waals surface area contributed by atoms with Crippen molar-refractivity contribution in [3.63, 3.8) is 0 Å². The third kappa shape index (κ3) is 36.9. The minimum Gasteiger partial charge on any atom is -0.480 e. The lowest BCUT2D eigenvalue weighted by Crippen LogP contribution is -2.29. The monoisotopic (exact) mass is 704 g/mol.